The van der Waals surface area contributed by atoms with Crippen LogP contribution in [0.1, 0.15) is 36.5 Å². The predicted molar refractivity (Wildman–Crippen MR) is 69.0 cm³/mol. The zero-order valence-electron chi connectivity index (χ0n) is 10.8. The van der Waals surface area contributed by atoms with E-state index in [0.717, 1.165) is 19.4 Å². The molecule has 1 aromatic rings. The number of amides is 1. The third-order valence-electron chi connectivity index (χ3n) is 3.50. The summed E-state index contributed by atoms with van der Waals surface area (Å²) in [6, 6.07) is 5.04. The highest BCUT2D eigenvalue weighted by Crippen LogP contribution is 2.27. The molecule has 1 N–H and O–H groups in total. The smallest absolute Gasteiger partial charge is 0.257 e. The molecule has 1 aliphatic heterocycles. The van der Waals surface area contributed by atoms with Crippen LogP contribution in [0.5, 0.6) is 11.5 Å². The maximum absolute atomic E-state index is 12.4. The van der Waals surface area contributed by atoms with Crippen molar-refractivity contribution < 1.29 is 14.6 Å². The number of benzene rings is 1. The monoisotopic (exact) mass is 249 g/mol. The van der Waals surface area contributed by atoms with Crippen molar-refractivity contribution in [2.75, 3.05) is 13.7 Å². The van der Waals surface area contributed by atoms with Gasteiger partial charge in [-0.3, -0.25) is 4.79 Å². The summed E-state index contributed by atoms with van der Waals surface area (Å²) in [5, 5.41) is 9.88. The van der Waals surface area contributed by atoms with Gasteiger partial charge in [0.15, 0.2) is 0 Å². The lowest BCUT2D eigenvalue weighted by Crippen LogP contribution is -2.42. The van der Waals surface area contributed by atoms with Gasteiger partial charge in [-0.25, -0.2) is 0 Å². The van der Waals surface area contributed by atoms with Crippen molar-refractivity contribution in [3.63, 3.8) is 0 Å². The molecule has 1 saturated heterocycles. The molecule has 1 amide bonds. The van der Waals surface area contributed by atoms with Gasteiger partial charge in [-0.15, -0.1) is 0 Å². The molecule has 4 nitrogen and oxygen atoms in total. The van der Waals surface area contributed by atoms with E-state index < -0.39 is 0 Å². The van der Waals surface area contributed by atoms with E-state index in [2.05, 4.69) is 6.92 Å². The molecule has 1 heterocycles. The highest BCUT2D eigenvalue weighted by molar-refractivity contribution is 5.97. The van der Waals surface area contributed by atoms with Crippen molar-refractivity contribution in [3.05, 3.63) is 23.8 Å². The number of phenols is 1. The lowest BCUT2D eigenvalue weighted by Gasteiger charge is -2.33. The van der Waals surface area contributed by atoms with Crippen LogP contribution in [-0.2, 0) is 0 Å². The molecule has 0 saturated carbocycles. The van der Waals surface area contributed by atoms with E-state index in [1.807, 2.05) is 4.90 Å². The van der Waals surface area contributed by atoms with Gasteiger partial charge in [0.2, 0.25) is 0 Å². The van der Waals surface area contributed by atoms with Crippen LogP contribution in [-0.4, -0.2) is 35.6 Å². The van der Waals surface area contributed by atoms with Crippen LogP contribution in [0.2, 0.25) is 0 Å². The Balaban J connectivity index is 2.22. The second-order valence-corrected chi connectivity index (χ2v) is 4.73. The summed E-state index contributed by atoms with van der Waals surface area (Å²) in [4.78, 5) is 14.2. The molecule has 0 aliphatic carbocycles. The average Bonchev–Trinajstić information content (AvgIpc) is 2.38. The molecule has 2 rings (SSSR count). The number of nitrogens with zero attached hydrogens (tertiary/aromatic N) is 1. The number of likely N-dealkylation sites (tertiary alicyclic amines) is 1. The number of carbonyl (C=O) groups excluding carboxylic acids is 1. The molecule has 18 heavy (non-hydrogen) atoms. The molecule has 0 bridgehead atoms. The van der Waals surface area contributed by atoms with E-state index in [1.54, 1.807) is 12.1 Å². The molecule has 1 aliphatic rings. The van der Waals surface area contributed by atoms with E-state index >= 15 is 0 Å². The van der Waals surface area contributed by atoms with Gasteiger partial charge in [-0.1, -0.05) is 0 Å². The fourth-order valence-corrected chi connectivity index (χ4v) is 2.37. The predicted octanol–water partition coefficient (Wildman–Crippen LogP) is 2.42. The van der Waals surface area contributed by atoms with Crippen LogP contribution < -0.4 is 4.74 Å². The highest BCUT2D eigenvalue weighted by Gasteiger charge is 2.25. The number of hydrogen-bond acceptors (Lipinski definition) is 3. The maximum atomic E-state index is 12.4. The maximum Gasteiger partial charge on any atom is 0.257 e. The van der Waals surface area contributed by atoms with Gasteiger partial charge < -0.3 is 14.7 Å². The number of aromatic hydroxyl groups is 1. The lowest BCUT2D eigenvalue weighted by molar-refractivity contribution is 0.0632. The van der Waals surface area contributed by atoms with Crippen LogP contribution >= 0.6 is 0 Å². The number of phenolic OH excluding ortho intramolecular Hbond substituents is 1. The van der Waals surface area contributed by atoms with Gasteiger partial charge in [0, 0.05) is 18.7 Å². The van der Waals surface area contributed by atoms with Crippen molar-refractivity contribution in [1.29, 1.82) is 0 Å². The summed E-state index contributed by atoms with van der Waals surface area (Å²) in [5.74, 6) is 0.440. The topological polar surface area (TPSA) is 49.8 Å². The first-order valence-electron chi connectivity index (χ1n) is 6.31. The van der Waals surface area contributed by atoms with Gasteiger partial charge in [0.25, 0.3) is 5.91 Å². The van der Waals surface area contributed by atoms with Crippen LogP contribution in [0.3, 0.4) is 0 Å². The average molecular weight is 249 g/mol. The lowest BCUT2D eigenvalue weighted by atomic mass is 10.0. The Kier molecular flexibility index (Phi) is 3.75. The minimum atomic E-state index is -0.0950. The molecule has 1 unspecified atom stereocenters. The van der Waals surface area contributed by atoms with E-state index in [-0.39, 0.29) is 17.7 Å². The first-order chi connectivity index (χ1) is 8.63. The largest absolute Gasteiger partial charge is 0.507 e. The van der Waals surface area contributed by atoms with Gasteiger partial charge in [-0.05, 0) is 38.3 Å². The van der Waals surface area contributed by atoms with Gasteiger partial charge >= 0.3 is 0 Å². The Labute approximate surface area is 107 Å². The third kappa shape index (κ3) is 2.42. The summed E-state index contributed by atoms with van der Waals surface area (Å²) in [5.41, 5.74) is 0.351. The second-order valence-electron chi connectivity index (χ2n) is 4.73. The molecular weight excluding hydrogens is 230 g/mol. The fraction of sp³-hybridized carbons (Fsp3) is 0.500. The Morgan fingerprint density at radius 2 is 2.22 bits per heavy atom. The molecule has 4 heteroatoms. The summed E-state index contributed by atoms with van der Waals surface area (Å²) >= 11 is 0. The molecule has 0 spiro atoms. The minimum absolute atomic E-state index is 0.0166. The van der Waals surface area contributed by atoms with Crippen LogP contribution in [0.4, 0.5) is 0 Å². The zero-order valence-corrected chi connectivity index (χ0v) is 10.8. The number of rotatable bonds is 2. The minimum Gasteiger partial charge on any atom is -0.507 e. The molecule has 1 atom stereocenters. The van der Waals surface area contributed by atoms with Crippen molar-refractivity contribution >= 4 is 5.91 Å². The number of piperidine rings is 1. The van der Waals surface area contributed by atoms with Crippen molar-refractivity contribution in [3.8, 4) is 11.5 Å². The number of ether oxygens (including phenoxy) is 1. The number of hydrogen-bond donors (Lipinski definition) is 1. The zero-order chi connectivity index (χ0) is 13.1. The second kappa shape index (κ2) is 5.29. The molecule has 98 valence electrons. The third-order valence-corrected chi connectivity index (χ3v) is 3.50. The molecular formula is C14H19NO3. The Morgan fingerprint density at radius 1 is 1.44 bits per heavy atom. The number of methoxy groups -OCH3 is 1. The first kappa shape index (κ1) is 12.7. The van der Waals surface area contributed by atoms with Crippen molar-refractivity contribution in [2.45, 2.75) is 32.2 Å². The fourth-order valence-electron chi connectivity index (χ4n) is 2.37. The van der Waals surface area contributed by atoms with E-state index in [4.69, 9.17) is 4.74 Å². The summed E-state index contributed by atoms with van der Waals surface area (Å²) < 4.78 is 5.01. The molecule has 0 aromatic heterocycles. The van der Waals surface area contributed by atoms with Gasteiger partial charge in [0.1, 0.15) is 11.5 Å². The standard InChI is InChI=1S/C14H19NO3/c1-10-5-3-4-8-15(10)14(17)12-7-6-11(18-2)9-13(12)16/h6-7,9-10,16H,3-5,8H2,1-2H3. The van der Waals surface area contributed by atoms with Crippen molar-refractivity contribution in [2.24, 2.45) is 0 Å². The van der Waals surface area contributed by atoms with E-state index in [0.29, 0.717) is 11.3 Å². The van der Waals surface area contributed by atoms with E-state index in [1.165, 1.54) is 19.6 Å². The SMILES string of the molecule is COc1ccc(C(=O)N2CCCCC2C)c(O)c1. The highest BCUT2D eigenvalue weighted by atomic mass is 16.5. The summed E-state index contributed by atoms with van der Waals surface area (Å²) in [6.07, 6.45) is 3.23. The normalized spacial score (nSPS) is 19.7. The quantitative estimate of drug-likeness (QED) is 0.875. The van der Waals surface area contributed by atoms with Crippen LogP contribution in [0.15, 0.2) is 18.2 Å². The first-order valence-corrected chi connectivity index (χ1v) is 6.31. The molecule has 1 aromatic carbocycles. The summed E-state index contributed by atoms with van der Waals surface area (Å²) in [6.45, 7) is 2.82. The summed E-state index contributed by atoms with van der Waals surface area (Å²) in [7, 11) is 1.53. The van der Waals surface area contributed by atoms with E-state index in [9.17, 15) is 9.90 Å². The van der Waals surface area contributed by atoms with Gasteiger partial charge in [-0.2, -0.15) is 0 Å². The Morgan fingerprint density at radius 3 is 2.83 bits per heavy atom. The number of carbonyl (C=O) groups is 1. The van der Waals surface area contributed by atoms with Gasteiger partial charge in [0.05, 0.1) is 12.7 Å². The molecule has 1 fully saturated rings. The Hall–Kier alpha value is -1.71. The van der Waals surface area contributed by atoms with Crippen LogP contribution in [0, 0.1) is 0 Å². The van der Waals surface area contributed by atoms with Crippen molar-refractivity contribution in [1.82, 2.24) is 4.90 Å². The molecule has 0 radical (unpaired) electrons. The Bertz CT molecular complexity index is 445. The van der Waals surface area contributed by atoms with Crippen LogP contribution in [0.25, 0.3) is 0 Å².